The largest absolute Gasteiger partial charge is 0.478 e. The standard InChI is InChI=1S/C28H38O6Si/c1-26(2,3)35(23-13-8-6-9-14-23,24-15-10-7-11-16-24)33-21-28(31,18-12-17-25(29)30)19-22-20-32-27(4,5)34-22/h6-17,22,31H,18-21H2,1-5H3,(H,29,30)/t22-,28?/m1/s1. The quantitative estimate of drug-likeness (QED) is 0.382. The van der Waals surface area contributed by atoms with E-state index in [9.17, 15) is 9.90 Å². The minimum absolute atomic E-state index is 0.0323. The van der Waals surface area contributed by atoms with Gasteiger partial charge in [0.25, 0.3) is 8.32 Å². The molecule has 1 aliphatic rings. The Morgan fingerprint density at radius 2 is 1.63 bits per heavy atom. The van der Waals surface area contributed by atoms with Crippen molar-refractivity contribution in [3.05, 3.63) is 72.8 Å². The van der Waals surface area contributed by atoms with E-state index in [1.165, 1.54) is 6.08 Å². The van der Waals surface area contributed by atoms with E-state index >= 15 is 0 Å². The number of carboxylic acids is 1. The topological polar surface area (TPSA) is 85.2 Å². The highest BCUT2D eigenvalue weighted by Gasteiger charge is 2.51. The van der Waals surface area contributed by atoms with Crippen molar-refractivity contribution >= 4 is 24.7 Å². The van der Waals surface area contributed by atoms with Crippen molar-refractivity contribution in [2.45, 2.75) is 70.0 Å². The van der Waals surface area contributed by atoms with Gasteiger partial charge in [0.05, 0.1) is 24.9 Å². The van der Waals surface area contributed by atoms with E-state index in [-0.39, 0.29) is 30.6 Å². The van der Waals surface area contributed by atoms with Crippen molar-refractivity contribution in [1.82, 2.24) is 0 Å². The lowest BCUT2D eigenvalue weighted by molar-refractivity contribution is -0.147. The van der Waals surface area contributed by atoms with Gasteiger partial charge in [0.2, 0.25) is 0 Å². The van der Waals surface area contributed by atoms with Crippen molar-refractivity contribution in [2.24, 2.45) is 0 Å². The lowest BCUT2D eigenvalue weighted by atomic mass is 9.93. The van der Waals surface area contributed by atoms with Gasteiger partial charge in [-0.3, -0.25) is 0 Å². The van der Waals surface area contributed by atoms with Crippen LogP contribution in [0.15, 0.2) is 72.8 Å². The van der Waals surface area contributed by atoms with Crippen LogP contribution in [0, 0.1) is 0 Å². The Balaban J connectivity index is 1.99. The van der Waals surface area contributed by atoms with Gasteiger partial charge in [-0.25, -0.2) is 4.79 Å². The molecule has 7 heteroatoms. The van der Waals surface area contributed by atoms with Crippen LogP contribution in [-0.2, 0) is 18.7 Å². The molecule has 1 saturated heterocycles. The molecule has 1 aliphatic heterocycles. The monoisotopic (exact) mass is 498 g/mol. The fourth-order valence-corrected chi connectivity index (χ4v) is 9.51. The van der Waals surface area contributed by atoms with Gasteiger partial charge >= 0.3 is 5.97 Å². The maximum Gasteiger partial charge on any atom is 0.327 e. The highest BCUT2D eigenvalue weighted by molar-refractivity contribution is 6.99. The normalized spacial score (nSPS) is 20.1. The van der Waals surface area contributed by atoms with Gasteiger partial charge in [-0.2, -0.15) is 0 Å². The summed E-state index contributed by atoms with van der Waals surface area (Å²) in [7, 11) is -2.88. The Morgan fingerprint density at radius 1 is 1.09 bits per heavy atom. The maximum atomic E-state index is 11.8. The van der Waals surface area contributed by atoms with Gasteiger partial charge in [-0.05, 0) is 35.7 Å². The van der Waals surface area contributed by atoms with Crippen LogP contribution in [0.25, 0.3) is 0 Å². The first-order valence-electron chi connectivity index (χ1n) is 12.1. The van der Waals surface area contributed by atoms with E-state index in [1.807, 2.05) is 50.2 Å². The zero-order valence-electron chi connectivity index (χ0n) is 21.4. The first kappa shape index (κ1) is 27.3. The second kappa shape index (κ2) is 10.8. The zero-order valence-corrected chi connectivity index (χ0v) is 22.4. The molecule has 0 radical (unpaired) electrons. The van der Waals surface area contributed by atoms with Gasteiger partial charge in [0.1, 0.15) is 0 Å². The molecule has 1 heterocycles. The number of aliphatic hydroxyl groups is 1. The predicted molar refractivity (Wildman–Crippen MR) is 139 cm³/mol. The molecule has 0 amide bonds. The third kappa shape index (κ3) is 6.68. The fourth-order valence-electron chi connectivity index (χ4n) is 4.87. The number of benzene rings is 2. The number of carboxylic acid groups (broad SMARTS) is 1. The Labute approximate surface area is 209 Å². The van der Waals surface area contributed by atoms with Crippen molar-refractivity contribution in [1.29, 1.82) is 0 Å². The molecule has 0 bridgehead atoms. The Bertz CT molecular complexity index is 960. The maximum absolute atomic E-state index is 11.8. The summed E-state index contributed by atoms with van der Waals surface area (Å²) in [6, 6.07) is 20.4. The van der Waals surface area contributed by atoms with Gasteiger partial charge in [0, 0.05) is 12.5 Å². The van der Waals surface area contributed by atoms with E-state index in [2.05, 4.69) is 45.0 Å². The van der Waals surface area contributed by atoms with Gasteiger partial charge in [0.15, 0.2) is 5.79 Å². The predicted octanol–water partition coefficient (Wildman–Crippen LogP) is 3.87. The molecule has 0 spiro atoms. The second-order valence-electron chi connectivity index (χ2n) is 10.8. The van der Waals surface area contributed by atoms with E-state index in [0.717, 1.165) is 16.4 Å². The fraction of sp³-hybridized carbons (Fsp3) is 0.464. The molecule has 2 N–H and O–H groups in total. The molecule has 0 aliphatic carbocycles. The highest BCUT2D eigenvalue weighted by Crippen LogP contribution is 2.38. The summed E-state index contributed by atoms with van der Waals surface area (Å²) in [6.07, 6.45) is 2.61. The second-order valence-corrected chi connectivity index (χ2v) is 15.1. The Hall–Kier alpha value is -2.29. The van der Waals surface area contributed by atoms with Crippen LogP contribution in [0.1, 0.15) is 47.5 Å². The molecule has 0 aromatic heterocycles. The summed E-state index contributed by atoms with van der Waals surface area (Å²) >= 11 is 0. The molecule has 2 atom stereocenters. The molecular weight excluding hydrogens is 460 g/mol. The Morgan fingerprint density at radius 3 is 2.06 bits per heavy atom. The van der Waals surface area contributed by atoms with Crippen molar-refractivity contribution in [3.8, 4) is 0 Å². The summed E-state index contributed by atoms with van der Waals surface area (Å²) in [6.45, 7) is 10.6. The van der Waals surface area contributed by atoms with E-state index < -0.39 is 25.7 Å². The third-order valence-corrected chi connectivity index (χ3v) is 11.4. The van der Waals surface area contributed by atoms with Crippen LogP contribution in [0.3, 0.4) is 0 Å². The smallest absolute Gasteiger partial charge is 0.327 e. The SMILES string of the molecule is CC1(C)OC[C@@H](CC(O)(CC=CC(=O)O)CO[Si](c2ccccc2)(c2ccccc2)C(C)(C)C)O1. The molecule has 2 aromatic carbocycles. The van der Waals surface area contributed by atoms with Gasteiger partial charge in [-0.15, -0.1) is 0 Å². The van der Waals surface area contributed by atoms with Gasteiger partial charge in [-0.1, -0.05) is 87.5 Å². The minimum atomic E-state index is -2.88. The summed E-state index contributed by atoms with van der Waals surface area (Å²) in [5.74, 6) is -1.77. The first-order chi connectivity index (χ1) is 16.4. The lowest BCUT2D eigenvalue weighted by Gasteiger charge is -2.45. The molecule has 190 valence electrons. The first-order valence-corrected chi connectivity index (χ1v) is 14.0. The average Bonchev–Trinajstić information content (AvgIpc) is 3.12. The number of rotatable bonds is 10. The molecule has 1 unspecified atom stereocenters. The summed E-state index contributed by atoms with van der Waals surface area (Å²) in [4.78, 5) is 11.1. The van der Waals surface area contributed by atoms with Crippen molar-refractivity contribution in [3.63, 3.8) is 0 Å². The molecule has 2 aromatic rings. The third-order valence-electron chi connectivity index (χ3n) is 6.41. The van der Waals surface area contributed by atoms with Crippen LogP contribution >= 0.6 is 0 Å². The number of aliphatic carboxylic acids is 1. The van der Waals surface area contributed by atoms with Crippen LogP contribution in [0.4, 0.5) is 0 Å². The van der Waals surface area contributed by atoms with Crippen LogP contribution in [0.5, 0.6) is 0 Å². The van der Waals surface area contributed by atoms with Crippen LogP contribution < -0.4 is 10.4 Å². The lowest BCUT2D eigenvalue weighted by Crippen LogP contribution is -2.67. The highest BCUT2D eigenvalue weighted by atomic mass is 28.4. The zero-order chi connectivity index (χ0) is 25.7. The number of hydrogen-bond donors (Lipinski definition) is 2. The summed E-state index contributed by atoms with van der Waals surface area (Å²) in [5.41, 5.74) is -1.34. The number of carbonyl (C=O) groups is 1. The summed E-state index contributed by atoms with van der Waals surface area (Å²) in [5, 5.41) is 22.9. The molecule has 6 nitrogen and oxygen atoms in total. The molecule has 1 fully saturated rings. The summed E-state index contributed by atoms with van der Waals surface area (Å²) < 4.78 is 18.6. The van der Waals surface area contributed by atoms with E-state index in [0.29, 0.717) is 6.61 Å². The number of hydrogen-bond acceptors (Lipinski definition) is 5. The number of ether oxygens (including phenoxy) is 2. The van der Waals surface area contributed by atoms with E-state index in [1.54, 1.807) is 0 Å². The molecular formula is C28H38O6Si. The Kier molecular flexibility index (Phi) is 8.39. The van der Waals surface area contributed by atoms with Crippen LogP contribution in [-0.4, -0.2) is 55.2 Å². The molecule has 35 heavy (non-hydrogen) atoms. The molecule has 3 rings (SSSR count). The molecule has 0 saturated carbocycles. The van der Waals surface area contributed by atoms with Crippen molar-refractivity contribution < 1.29 is 28.9 Å². The minimum Gasteiger partial charge on any atom is -0.478 e. The van der Waals surface area contributed by atoms with Crippen LogP contribution in [0.2, 0.25) is 5.04 Å². The van der Waals surface area contributed by atoms with Gasteiger partial charge < -0.3 is 24.1 Å². The van der Waals surface area contributed by atoms with E-state index in [4.69, 9.17) is 19.0 Å². The average molecular weight is 499 g/mol. The van der Waals surface area contributed by atoms with Crippen molar-refractivity contribution in [2.75, 3.05) is 13.2 Å².